The van der Waals surface area contributed by atoms with Gasteiger partial charge in [0.2, 0.25) is 5.91 Å². The summed E-state index contributed by atoms with van der Waals surface area (Å²) in [5.41, 5.74) is 2.67. The van der Waals surface area contributed by atoms with Crippen molar-refractivity contribution >= 4 is 46.2 Å². The molecule has 0 aliphatic rings. The number of nitrogens with zero attached hydrogens (tertiary/aromatic N) is 1. The topological polar surface area (TPSA) is 44.4 Å². The minimum Gasteiger partial charge on any atom is -0.383 e. The number of hydrogen-bond acceptors (Lipinski definition) is 3. The molecule has 0 bridgehead atoms. The third kappa shape index (κ3) is 5.83. The van der Waals surface area contributed by atoms with E-state index in [9.17, 15) is 4.79 Å². The minimum atomic E-state index is -0.0544. The normalized spacial score (nSPS) is 10.4. The molecular formula is C19H23Cl2N3O. The zero-order chi connectivity index (χ0) is 18.2. The molecule has 0 unspecified atom stereocenters. The van der Waals surface area contributed by atoms with Gasteiger partial charge in [0, 0.05) is 42.5 Å². The molecule has 0 aliphatic carbocycles. The first-order valence-corrected chi connectivity index (χ1v) is 9.12. The lowest BCUT2D eigenvalue weighted by Gasteiger charge is -2.21. The second-order valence-electron chi connectivity index (χ2n) is 5.57. The van der Waals surface area contributed by atoms with E-state index >= 15 is 0 Å². The highest BCUT2D eigenvalue weighted by molar-refractivity contribution is 6.35. The van der Waals surface area contributed by atoms with Gasteiger partial charge >= 0.3 is 0 Å². The molecule has 2 N–H and O–H groups in total. The van der Waals surface area contributed by atoms with Gasteiger partial charge in [0.05, 0.1) is 10.7 Å². The van der Waals surface area contributed by atoms with Gasteiger partial charge in [-0.25, -0.2) is 0 Å². The Bertz CT molecular complexity index is 700. The predicted octanol–water partition coefficient (Wildman–Crippen LogP) is 5.28. The van der Waals surface area contributed by atoms with E-state index in [1.807, 2.05) is 24.3 Å². The summed E-state index contributed by atoms with van der Waals surface area (Å²) >= 11 is 12.0. The Balaban J connectivity index is 1.83. The molecule has 1 amide bonds. The van der Waals surface area contributed by atoms with E-state index in [1.165, 1.54) is 0 Å². The highest BCUT2D eigenvalue weighted by Crippen LogP contribution is 2.25. The number of halogens is 2. The summed E-state index contributed by atoms with van der Waals surface area (Å²) in [5.74, 6) is -0.0544. The lowest BCUT2D eigenvalue weighted by Crippen LogP contribution is -2.21. The van der Waals surface area contributed by atoms with E-state index in [0.29, 0.717) is 23.0 Å². The van der Waals surface area contributed by atoms with Crippen LogP contribution in [0.5, 0.6) is 0 Å². The van der Waals surface area contributed by atoms with Crippen LogP contribution in [0, 0.1) is 0 Å². The summed E-state index contributed by atoms with van der Waals surface area (Å²) < 4.78 is 0. The molecule has 0 atom stereocenters. The molecule has 0 spiro atoms. The van der Waals surface area contributed by atoms with Crippen LogP contribution in [0.3, 0.4) is 0 Å². The zero-order valence-corrected chi connectivity index (χ0v) is 16.0. The van der Waals surface area contributed by atoms with E-state index in [-0.39, 0.29) is 5.91 Å². The predicted molar refractivity (Wildman–Crippen MR) is 108 cm³/mol. The lowest BCUT2D eigenvalue weighted by molar-refractivity contribution is -0.115. The first-order valence-electron chi connectivity index (χ1n) is 8.37. The number of carbonyl (C=O) groups excluding carboxylic acids is 1. The van der Waals surface area contributed by atoms with Gasteiger partial charge in [-0.3, -0.25) is 4.79 Å². The van der Waals surface area contributed by atoms with Crippen molar-refractivity contribution in [2.45, 2.75) is 20.3 Å². The molecule has 0 saturated carbocycles. The van der Waals surface area contributed by atoms with Gasteiger partial charge in [0.1, 0.15) is 0 Å². The number of nitrogens with one attached hydrogen (secondary N) is 2. The van der Waals surface area contributed by atoms with Crippen molar-refractivity contribution in [1.82, 2.24) is 0 Å². The van der Waals surface area contributed by atoms with Crippen LogP contribution in [0.15, 0.2) is 42.5 Å². The Kier molecular flexibility index (Phi) is 7.41. The first-order chi connectivity index (χ1) is 12.0. The Hall–Kier alpha value is -1.91. The molecule has 0 radical (unpaired) electrons. The highest BCUT2D eigenvalue weighted by Gasteiger charge is 2.06. The Morgan fingerprint density at radius 3 is 2.36 bits per heavy atom. The van der Waals surface area contributed by atoms with E-state index in [1.54, 1.807) is 18.2 Å². The Morgan fingerprint density at radius 2 is 1.72 bits per heavy atom. The molecule has 0 aromatic heterocycles. The van der Waals surface area contributed by atoms with Gasteiger partial charge in [-0.2, -0.15) is 0 Å². The van der Waals surface area contributed by atoms with Gasteiger partial charge in [-0.05, 0) is 56.3 Å². The van der Waals surface area contributed by atoms with Crippen LogP contribution in [0.2, 0.25) is 10.0 Å². The van der Waals surface area contributed by atoms with Crippen LogP contribution < -0.4 is 15.5 Å². The molecule has 0 aliphatic heterocycles. The van der Waals surface area contributed by atoms with Gasteiger partial charge in [0.25, 0.3) is 0 Å². The van der Waals surface area contributed by atoms with Crippen molar-refractivity contribution in [2.24, 2.45) is 0 Å². The monoisotopic (exact) mass is 379 g/mol. The van der Waals surface area contributed by atoms with Crippen LogP contribution in [0.25, 0.3) is 0 Å². The maximum Gasteiger partial charge on any atom is 0.226 e. The number of carbonyl (C=O) groups is 1. The lowest BCUT2D eigenvalue weighted by atomic mass is 10.2. The first kappa shape index (κ1) is 19.4. The van der Waals surface area contributed by atoms with Crippen molar-refractivity contribution < 1.29 is 4.79 Å². The molecule has 6 heteroatoms. The quantitative estimate of drug-likeness (QED) is 0.655. The van der Waals surface area contributed by atoms with Crippen LogP contribution in [-0.4, -0.2) is 25.5 Å². The SMILES string of the molecule is CCN(CC)c1ccc(NC(=O)CCNc2cc(Cl)ccc2Cl)cc1. The van der Waals surface area contributed by atoms with E-state index in [4.69, 9.17) is 23.2 Å². The average molecular weight is 380 g/mol. The number of benzene rings is 2. The van der Waals surface area contributed by atoms with Gasteiger partial charge < -0.3 is 15.5 Å². The average Bonchev–Trinajstić information content (AvgIpc) is 2.60. The summed E-state index contributed by atoms with van der Waals surface area (Å²) in [7, 11) is 0. The van der Waals surface area contributed by atoms with E-state index in [2.05, 4.69) is 29.4 Å². The van der Waals surface area contributed by atoms with Crippen LogP contribution >= 0.6 is 23.2 Å². The molecular weight excluding hydrogens is 357 g/mol. The fourth-order valence-electron chi connectivity index (χ4n) is 2.51. The van der Waals surface area contributed by atoms with Crippen LogP contribution in [0.4, 0.5) is 17.1 Å². The molecule has 0 saturated heterocycles. The zero-order valence-electron chi connectivity index (χ0n) is 14.5. The number of rotatable bonds is 8. The van der Waals surface area contributed by atoms with Gasteiger partial charge in [-0.1, -0.05) is 23.2 Å². The maximum absolute atomic E-state index is 12.1. The molecule has 0 heterocycles. The van der Waals surface area contributed by atoms with Crippen molar-refractivity contribution in [2.75, 3.05) is 35.2 Å². The molecule has 4 nitrogen and oxygen atoms in total. The third-order valence-electron chi connectivity index (χ3n) is 3.88. The number of hydrogen-bond donors (Lipinski definition) is 2. The van der Waals surface area contributed by atoms with Gasteiger partial charge in [0.15, 0.2) is 0 Å². The van der Waals surface area contributed by atoms with Crippen LogP contribution in [-0.2, 0) is 4.79 Å². The summed E-state index contributed by atoms with van der Waals surface area (Å²) in [6, 6.07) is 13.1. The highest BCUT2D eigenvalue weighted by atomic mass is 35.5. The fraction of sp³-hybridized carbons (Fsp3) is 0.316. The second-order valence-corrected chi connectivity index (χ2v) is 6.41. The standard InChI is InChI=1S/C19H23Cl2N3O/c1-3-24(4-2)16-8-6-15(7-9-16)23-19(25)11-12-22-18-13-14(20)5-10-17(18)21/h5-10,13,22H,3-4,11-12H2,1-2H3,(H,23,25). The Labute approximate surface area is 159 Å². The Morgan fingerprint density at radius 1 is 1.04 bits per heavy atom. The smallest absolute Gasteiger partial charge is 0.226 e. The summed E-state index contributed by atoms with van der Waals surface area (Å²) in [6.07, 6.45) is 0.334. The summed E-state index contributed by atoms with van der Waals surface area (Å²) in [4.78, 5) is 14.3. The minimum absolute atomic E-state index is 0.0544. The van der Waals surface area contributed by atoms with Crippen molar-refractivity contribution in [3.8, 4) is 0 Å². The number of anilines is 3. The number of amides is 1. The summed E-state index contributed by atoms with van der Waals surface area (Å²) in [5, 5.41) is 7.21. The fourth-order valence-corrected chi connectivity index (χ4v) is 2.87. The maximum atomic E-state index is 12.1. The van der Waals surface area contributed by atoms with Crippen molar-refractivity contribution in [3.63, 3.8) is 0 Å². The molecule has 2 aromatic carbocycles. The molecule has 2 rings (SSSR count). The van der Waals surface area contributed by atoms with Crippen LogP contribution in [0.1, 0.15) is 20.3 Å². The third-order valence-corrected chi connectivity index (χ3v) is 4.44. The largest absolute Gasteiger partial charge is 0.383 e. The van der Waals surface area contributed by atoms with Crippen molar-refractivity contribution in [1.29, 1.82) is 0 Å². The van der Waals surface area contributed by atoms with E-state index < -0.39 is 0 Å². The molecule has 2 aromatic rings. The van der Waals surface area contributed by atoms with Crippen molar-refractivity contribution in [3.05, 3.63) is 52.5 Å². The van der Waals surface area contributed by atoms with E-state index in [0.717, 1.165) is 30.2 Å². The second kappa shape index (κ2) is 9.54. The molecule has 25 heavy (non-hydrogen) atoms. The molecule has 134 valence electrons. The molecule has 0 fully saturated rings. The van der Waals surface area contributed by atoms with Gasteiger partial charge in [-0.15, -0.1) is 0 Å². The summed E-state index contributed by atoms with van der Waals surface area (Å²) in [6.45, 7) is 6.64.